The van der Waals surface area contributed by atoms with Gasteiger partial charge in [0.2, 0.25) is 11.8 Å². The van der Waals surface area contributed by atoms with Gasteiger partial charge in [-0.05, 0) is 78.4 Å². The van der Waals surface area contributed by atoms with Crippen molar-refractivity contribution < 1.29 is 37.2 Å². The highest BCUT2D eigenvalue weighted by atomic mass is 28.5. The molecule has 0 bridgehead atoms. The van der Waals surface area contributed by atoms with E-state index >= 15 is 0 Å². The number of ether oxygens (including phenoxy) is 1. The number of carbonyl (C=O) groups excluding carboxylic acids is 2. The van der Waals surface area contributed by atoms with Crippen molar-refractivity contribution >= 4 is 37.3 Å². The van der Waals surface area contributed by atoms with Crippen molar-refractivity contribution in [3.63, 3.8) is 0 Å². The maximum absolute atomic E-state index is 11.8. The van der Waals surface area contributed by atoms with E-state index in [1.165, 1.54) is 0 Å². The minimum Gasteiger partial charge on any atom is -0.437 e. The molecule has 1 heterocycles. The van der Waals surface area contributed by atoms with E-state index in [-0.39, 0.29) is 43.5 Å². The number of nitrogens with zero attached hydrogens (tertiary/aromatic N) is 1. The molecule has 1 aliphatic rings. The van der Waals surface area contributed by atoms with Crippen LogP contribution in [0.4, 0.5) is 0 Å². The first kappa shape index (κ1) is 32.6. The van der Waals surface area contributed by atoms with Gasteiger partial charge in [-0.25, -0.2) is 0 Å². The lowest BCUT2D eigenvalue weighted by Gasteiger charge is -2.43. The predicted molar refractivity (Wildman–Crippen MR) is 143 cm³/mol. The fourth-order valence-corrected chi connectivity index (χ4v) is 18.3. The van der Waals surface area contributed by atoms with Crippen molar-refractivity contribution in [1.82, 2.24) is 4.90 Å². The number of carbonyl (C=O) groups is 2. The SMILES string of the molecule is CC(C)(C)O[Si](C)(CCCOCC(O)N1C(=O)CCC1=O)O[Si](C)(CCCCCO)O[Si](C)(C)C. The predicted octanol–water partition coefficient (Wildman–Crippen LogP) is 3.85. The normalized spacial score (nSPS) is 19.7. The van der Waals surface area contributed by atoms with Gasteiger partial charge in [0.25, 0.3) is 0 Å². The van der Waals surface area contributed by atoms with Crippen LogP contribution in [0.25, 0.3) is 0 Å². The van der Waals surface area contributed by atoms with Crippen LogP contribution in [0, 0.1) is 0 Å². The Kier molecular flexibility index (Phi) is 12.9. The number of amides is 2. The number of likely N-dealkylation sites (tertiary alicyclic amines) is 1. The van der Waals surface area contributed by atoms with Gasteiger partial charge in [0.15, 0.2) is 14.5 Å². The molecule has 35 heavy (non-hydrogen) atoms. The number of aliphatic hydroxyl groups is 2. The quantitative estimate of drug-likeness (QED) is 0.159. The average Bonchev–Trinajstić information content (AvgIpc) is 3.00. The second-order valence-corrected chi connectivity index (χ2v) is 23.2. The van der Waals surface area contributed by atoms with Gasteiger partial charge >= 0.3 is 17.1 Å². The zero-order valence-electron chi connectivity index (χ0n) is 23.1. The summed E-state index contributed by atoms with van der Waals surface area (Å²) in [6, 6.07) is 1.55. The van der Waals surface area contributed by atoms with Crippen molar-refractivity contribution in [2.45, 2.75) is 116 Å². The van der Waals surface area contributed by atoms with Crippen molar-refractivity contribution in [1.29, 1.82) is 0 Å². The molecule has 2 N–H and O–H groups in total. The van der Waals surface area contributed by atoms with E-state index in [2.05, 4.69) is 32.7 Å². The Labute approximate surface area is 215 Å². The Balaban J connectivity index is 2.77. The van der Waals surface area contributed by atoms with Crippen molar-refractivity contribution in [2.24, 2.45) is 0 Å². The molecule has 1 rings (SSSR count). The molecule has 0 saturated carbocycles. The molecule has 1 saturated heterocycles. The molecule has 3 unspecified atom stereocenters. The standard InChI is InChI=1S/C23H49NO8Si3/c1-23(2,3)30-34(7,32-35(8,31-33(4,5)6)17-11-9-10-15-25)18-12-16-29-19-22(28)24-20(26)13-14-21(24)27/h22,25,28H,9-19H2,1-8H3. The zero-order chi connectivity index (χ0) is 26.9. The highest BCUT2D eigenvalue weighted by Crippen LogP contribution is 2.31. The van der Waals surface area contributed by atoms with Gasteiger partial charge in [0.05, 0.1) is 12.2 Å². The summed E-state index contributed by atoms with van der Waals surface area (Å²) in [4.78, 5) is 24.4. The van der Waals surface area contributed by atoms with Crippen LogP contribution in [-0.4, -0.2) is 84.0 Å². The van der Waals surface area contributed by atoms with Crippen molar-refractivity contribution in [3.05, 3.63) is 0 Å². The molecule has 0 aliphatic carbocycles. The molecule has 9 nitrogen and oxygen atoms in total. The fraction of sp³-hybridized carbons (Fsp3) is 0.913. The number of unbranched alkanes of at least 4 members (excludes halogenated alkanes) is 2. The van der Waals surface area contributed by atoms with Crippen LogP contribution in [0.5, 0.6) is 0 Å². The van der Waals surface area contributed by atoms with Gasteiger partial charge in [-0.15, -0.1) is 0 Å². The Morgan fingerprint density at radius 1 is 0.886 bits per heavy atom. The van der Waals surface area contributed by atoms with E-state index in [1.54, 1.807) is 0 Å². The van der Waals surface area contributed by atoms with Crippen LogP contribution in [0.1, 0.15) is 59.3 Å². The van der Waals surface area contributed by atoms with Gasteiger partial charge < -0.3 is 27.6 Å². The highest BCUT2D eigenvalue weighted by molar-refractivity contribution is 6.86. The molecular weight excluding hydrogens is 503 g/mol. The molecule has 12 heteroatoms. The van der Waals surface area contributed by atoms with Crippen LogP contribution in [0.15, 0.2) is 0 Å². The molecule has 1 aliphatic heterocycles. The minimum atomic E-state index is -2.66. The smallest absolute Gasteiger partial charge is 0.326 e. The van der Waals surface area contributed by atoms with E-state index < -0.39 is 31.7 Å². The van der Waals surface area contributed by atoms with Gasteiger partial charge in [-0.2, -0.15) is 0 Å². The summed E-state index contributed by atoms with van der Waals surface area (Å²) in [5.41, 5.74) is -0.375. The van der Waals surface area contributed by atoms with Gasteiger partial charge in [-0.1, -0.05) is 12.8 Å². The van der Waals surface area contributed by atoms with Crippen LogP contribution in [0.3, 0.4) is 0 Å². The summed E-state index contributed by atoms with van der Waals surface area (Å²) in [5, 5.41) is 19.3. The maximum Gasteiger partial charge on any atom is 0.326 e. The number of imide groups is 1. The van der Waals surface area contributed by atoms with E-state index in [1.807, 2.05) is 20.8 Å². The number of aliphatic hydroxyl groups excluding tert-OH is 2. The first-order valence-electron chi connectivity index (χ1n) is 12.8. The Morgan fingerprint density at radius 3 is 1.97 bits per heavy atom. The molecule has 0 aromatic heterocycles. The van der Waals surface area contributed by atoms with Crippen molar-refractivity contribution in [2.75, 3.05) is 19.8 Å². The Morgan fingerprint density at radius 2 is 1.46 bits per heavy atom. The number of hydrogen-bond donors (Lipinski definition) is 2. The minimum absolute atomic E-state index is 0.104. The molecule has 206 valence electrons. The van der Waals surface area contributed by atoms with Gasteiger partial charge in [-0.3, -0.25) is 14.5 Å². The Hall–Kier alpha value is -0.449. The average molecular weight is 552 g/mol. The second kappa shape index (κ2) is 13.9. The van der Waals surface area contributed by atoms with E-state index in [9.17, 15) is 14.7 Å². The van der Waals surface area contributed by atoms with E-state index in [4.69, 9.17) is 22.5 Å². The molecule has 2 amide bonds. The maximum atomic E-state index is 11.8. The monoisotopic (exact) mass is 551 g/mol. The molecule has 0 aromatic carbocycles. The first-order chi connectivity index (χ1) is 16.0. The summed E-state index contributed by atoms with van der Waals surface area (Å²) in [7, 11) is -7.06. The van der Waals surface area contributed by atoms with Crippen LogP contribution in [-0.2, 0) is 27.0 Å². The molecule has 1 fully saturated rings. The third-order valence-corrected chi connectivity index (χ3v) is 16.5. The van der Waals surface area contributed by atoms with Crippen LogP contribution >= 0.6 is 0 Å². The lowest BCUT2D eigenvalue weighted by atomic mass is 10.2. The second-order valence-electron chi connectivity index (χ2n) is 11.6. The Bertz CT molecular complexity index is 669. The summed E-state index contributed by atoms with van der Waals surface area (Å²) >= 11 is 0. The summed E-state index contributed by atoms with van der Waals surface area (Å²) < 4.78 is 25.7. The highest BCUT2D eigenvalue weighted by Gasteiger charge is 2.46. The summed E-state index contributed by atoms with van der Waals surface area (Å²) in [6.07, 6.45) is 2.37. The zero-order valence-corrected chi connectivity index (χ0v) is 26.1. The third kappa shape index (κ3) is 13.1. The van der Waals surface area contributed by atoms with Crippen LogP contribution in [0.2, 0.25) is 44.8 Å². The van der Waals surface area contributed by atoms with Crippen molar-refractivity contribution in [3.8, 4) is 0 Å². The van der Waals surface area contributed by atoms with Crippen LogP contribution < -0.4 is 0 Å². The topological polar surface area (TPSA) is 115 Å². The first-order valence-corrected chi connectivity index (χ1v) is 21.3. The number of hydrogen-bond acceptors (Lipinski definition) is 8. The molecule has 0 radical (unpaired) electrons. The largest absolute Gasteiger partial charge is 0.437 e. The van der Waals surface area contributed by atoms with Gasteiger partial charge in [0.1, 0.15) is 0 Å². The number of rotatable bonds is 17. The molecular formula is C23H49NO8Si3. The summed E-state index contributed by atoms with van der Waals surface area (Å²) in [5.74, 6) is -0.715. The third-order valence-electron chi connectivity index (χ3n) is 5.34. The summed E-state index contributed by atoms with van der Waals surface area (Å²) in [6.45, 7) is 17.3. The lowest BCUT2D eigenvalue weighted by Crippen LogP contribution is -2.57. The molecule has 0 aromatic rings. The fourth-order valence-electron chi connectivity index (χ4n) is 4.42. The van der Waals surface area contributed by atoms with E-state index in [0.717, 1.165) is 30.2 Å². The molecule has 3 atom stereocenters. The van der Waals surface area contributed by atoms with E-state index in [0.29, 0.717) is 19.1 Å². The van der Waals surface area contributed by atoms with Gasteiger partial charge in [0, 0.05) is 26.1 Å². The lowest BCUT2D eigenvalue weighted by molar-refractivity contribution is -0.153. The molecule has 0 spiro atoms.